The number of hydrogen-bond donors (Lipinski definition) is 1. The molecule has 1 heterocycles. The van der Waals surface area contributed by atoms with Crippen molar-refractivity contribution in [3.63, 3.8) is 0 Å². The van der Waals surface area contributed by atoms with Gasteiger partial charge in [-0.25, -0.2) is 4.79 Å². The van der Waals surface area contributed by atoms with Crippen molar-refractivity contribution in [1.29, 1.82) is 0 Å². The highest BCUT2D eigenvalue weighted by atomic mass is 35.5. The molecule has 7 nitrogen and oxygen atoms in total. The topological polar surface area (TPSA) is 88.9 Å². The minimum absolute atomic E-state index is 0.0776. The van der Waals surface area contributed by atoms with E-state index < -0.39 is 5.63 Å². The third kappa shape index (κ3) is 5.44. The minimum atomic E-state index is -0.479. The van der Waals surface area contributed by atoms with E-state index in [1.807, 2.05) is 13.0 Å². The van der Waals surface area contributed by atoms with Crippen LogP contribution in [0.15, 0.2) is 51.7 Å². The number of anilines is 1. The molecule has 0 atom stereocenters. The molecule has 0 aliphatic heterocycles. The maximum Gasteiger partial charge on any atom is 0.339 e. The zero-order valence-corrected chi connectivity index (χ0v) is 18.3. The first-order valence-corrected chi connectivity index (χ1v) is 10.1. The summed E-state index contributed by atoms with van der Waals surface area (Å²) >= 11 is 5.91. The van der Waals surface area contributed by atoms with Gasteiger partial charge in [-0.15, -0.1) is 0 Å². The molecule has 0 saturated carbocycles. The van der Waals surface area contributed by atoms with Gasteiger partial charge in [0, 0.05) is 41.2 Å². The molecule has 1 aromatic heterocycles. The van der Waals surface area contributed by atoms with E-state index in [1.54, 1.807) is 43.4 Å². The molecule has 0 fully saturated rings. The number of carbonyl (C=O) groups excluding carboxylic acids is 2. The number of nitrogens with zero attached hydrogens (tertiary/aromatic N) is 1. The van der Waals surface area contributed by atoms with Crippen molar-refractivity contribution in [2.24, 2.45) is 0 Å². The van der Waals surface area contributed by atoms with Gasteiger partial charge in [-0.3, -0.25) is 9.59 Å². The number of hydrogen-bond acceptors (Lipinski definition) is 5. The highest BCUT2D eigenvalue weighted by Crippen LogP contribution is 2.24. The van der Waals surface area contributed by atoms with E-state index >= 15 is 0 Å². The van der Waals surface area contributed by atoms with Gasteiger partial charge in [0.25, 0.3) is 0 Å². The Morgan fingerprint density at radius 2 is 1.97 bits per heavy atom. The van der Waals surface area contributed by atoms with Gasteiger partial charge < -0.3 is 19.4 Å². The molecular formula is C23H23ClN2O5. The van der Waals surface area contributed by atoms with Gasteiger partial charge >= 0.3 is 5.63 Å². The summed E-state index contributed by atoms with van der Waals surface area (Å²) in [5.74, 6) is -0.000936. The Balaban J connectivity index is 1.63. The molecule has 2 aromatic carbocycles. The molecule has 3 rings (SSSR count). The molecule has 31 heavy (non-hydrogen) atoms. The first-order valence-electron chi connectivity index (χ1n) is 9.68. The van der Waals surface area contributed by atoms with Crippen molar-refractivity contribution in [3.05, 3.63) is 69.0 Å². The Hall–Kier alpha value is -3.32. The second kappa shape index (κ2) is 9.66. The molecule has 3 aromatic rings. The van der Waals surface area contributed by atoms with E-state index in [0.29, 0.717) is 27.6 Å². The molecule has 0 saturated heterocycles. The predicted octanol–water partition coefficient (Wildman–Crippen LogP) is 3.79. The molecule has 0 unspecified atom stereocenters. The number of ether oxygens (including phenoxy) is 1. The van der Waals surface area contributed by atoms with Crippen molar-refractivity contribution in [2.75, 3.05) is 26.0 Å². The number of carbonyl (C=O) groups is 2. The Labute approximate surface area is 184 Å². The molecule has 0 radical (unpaired) electrons. The van der Waals surface area contributed by atoms with E-state index in [1.165, 1.54) is 12.0 Å². The average molecular weight is 443 g/mol. The molecule has 8 heteroatoms. The number of rotatable bonds is 7. The Morgan fingerprint density at radius 3 is 2.68 bits per heavy atom. The maximum atomic E-state index is 12.5. The molecule has 0 aliphatic rings. The van der Waals surface area contributed by atoms with Gasteiger partial charge in [-0.05, 0) is 49.2 Å². The predicted molar refractivity (Wildman–Crippen MR) is 120 cm³/mol. The lowest BCUT2D eigenvalue weighted by atomic mass is 10.0. The quantitative estimate of drug-likeness (QED) is 0.562. The van der Waals surface area contributed by atoms with E-state index in [-0.39, 0.29) is 31.2 Å². The van der Waals surface area contributed by atoms with Crippen LogP contribution in [0.3, 0.4) is 0 Å². The van der Waals surface area contributed by atoms with Crippen molar-refractivity contribution >= 4 is 40.1 Å². The molecule has 0 spiro atoms. The average Bonchev–Trinajstić information content (AvgIpc) is 2.72. The van der Waals surface area contributed by atoms with Crippen molar-refractivity contribution < 1.29 is 18.7 Å². The van der Waals surface area contributed by atoms with E-state index in [2.05, 4.69) is 5.32 Å². The summed E-state index contributed by atoms with van der Waals surface area (Å²) in [4.78, 5) is 38.5. The fourth-order valence-electron chi connectivity index (χ4n) is 3.28. The maximum absolute atomic E-state index is 12.5. The highest BCUT2D eigenvalue weighted by Gasteiger charge is 2.17. The molecular weight excluding hydrogens is 420 g/mol. The van der Waals surface area contributed by atoms with Crippen LogP contribution in [0.1, 0.15) is 17.5 Å². The summed E-state index contributed by atoms with van der Waals surface area (Å²) in [6, 6.07) is 12.0. The molecule has 0 bridgehead atoms. The molecule has 1 N–H and O–H groups in total. The fourth-order valence-corrected chi connectivity index (χ4v) is 3.47. The van der Waals surface area contributed by atoms with Crippen molar-refractivity contribution in [3.8, 4) is 5.75 Å². The van der Waals surface area contributed by atoms with Crippen LogP contribution in [-0.2, 0) is 16.0 Å². The number of amides is 2. The van der Waals surface area contributed by atoms with Gasteiger partial charge in [0.05, 0.1) is 13.7 Å². The zero-order valence-electron chi connectivity index (χ0n) is 17.5. The number of nitrogens with one attached hydrogen (secondary N) is 1. The smallest absolute Gasteiger partial charge is 0.339 e. The summed E-state index contributed by atoms with van der Waals surface area (Å²) < 4.78 is 10.6. The number of methoxy groups -OCH3 is 1. The lowest BCUT2D eigenvalue weighted by molar-refractivity contribution is -0.133. The Bertz CT molecular complexity index is 1190. The number of benzene rings is 2. The summed E-state index contributed by atoms with van der Waals surface area (Å²) in [6.07, 6.45) is 0.295. The van der Waals surface area contributed by atoms with Crippen LogP contribution < -0.4 is 15.7 Å². The lowest BCUT2D eigenvalue weighted by Gasteiger charge is -2.17. The Morgan fingerprint density at radius 1 is 1.19 bits per heavy atom. The number of aryl methyl sites for hydroxylation is 1. The minimum Gasteiger partial charge on any atom is -0.497 e. The highest BCUT2D eigenvalue weighted by molar-refractivity contribution is 6.30. The van der Waals surface area contributed by atoms with Crippen LogP contribution in [0.2, 0.25) is 5.02 Å². The second-order valence-electron chi connectivity index (χ2n) is 7.16. The van der Waals surface area contributed by atoms with Crippen LogP contribution in [0.4, 0.5) is 5.69 Å². The van der Waals surface area contributed by atoms with Crippen molar-refractivity contribution in [2.45, 2.75) is 19.8 Å². The summed E-state index contributed by atoms with van der Waals surface area (Å²) in [5.41, 5.74) is 1.73. The number of halogens is 1. The van der Waals surface area contributed by atoms with E-state index in [9.17, 15) is 14.4 Å². The summed E-state index contributed by atoms with van der Waals surface area (Å²) in [5, 5.41) is 3.99. The lowest BCUT2D eigenvalue weighted by Crippen LogP contribution is -2.35. The second-order valence-corrected chi connectivity index (χ2v) is 7.60. The normalized spacial score (nSPS) is 10.7. The Kier molecular flexibility index (Phi) is 6.97. The molecule has 0 aliphatic carbocycles. The molecule has 162 valence electrons. The van der Waals surface area contributed by atoms with Gasteiger partial charge in [-0.2, -0.15) is 0 Å². The van der Waals surface area contributed by atoms with Crippen LogP contribution in [0.25, 0.3) is 11.0 Å². The fraction of sp³-hybridized carbons (Fsp3) is 0.261. The van der Waals surface area contributed by atoms with E-state index in [4.69, 9.17) is 20.8 Å². The monoisotopic (exact) mass is 442 g/mol. The standard InChI is InChI=1S/C23H23ClN2O5/c1-14-18-8-7-17(30-3)12-20(18)31-23(29)19(14)9-10-22(28)26(2)13-21(27)25-16-6-4-5-15(24)11-16/h4-8,11-12H,9-10,13H2,1-3H3,(H,25,27). The largest absolute Gasteiger partial charge is 0.497 e. The first-order chi connectivity index (χ1) is 14.8. The van der Waals surface area contributed by atoms with Gasteiger partial charge in [0.15, 0.2) is 0 Å². The third-order valence-corrected chi connectivity index (χ3v) is 5.23. The summed E-state index contributed by atoms with van der Waals surface area (Å²) in [6.45, 7) is 1.71. The van der Waals surface area contributed by atoms with Crippen LogP contribution in [0, 0.1) is 6.92 Å². The molecule has 2 amide bonds. The van der Waals surface area contributed by atoms with Crippen molar-refractivity contribution in [1.82, 2.24) is 4.90 Å². The number of fused-ring (bicyclic) bond motifs is 1. The third-order valence-electron chi connectivity index (χ3n) is 5.00. The zero-order chi connectivity index (χ0) is 22.5. The summed E-state index contributed by atoms with van der Waals surface area (Å²) in [7, 11) is 3.08. The van der Waals surface area contributed by atoms with Crippen LogP contribution >= 0.6 is 11.6 Å². The van der Waals surface area contributed by atoms with Crippen LogP contribution in [0.5, 0.6) is 5.75 Å². The van der Waals surface area contributed by atoms with Gasteiger partial charge in [-0.1, -0.05) is 17.7 Å². The first kappa shape index (κ1) is 22.4. The van der Waals surface area contributed by atoms with E-state index in [0.717, 1.165) is 10.9 Å². The SMILES string of the molecule is COc1ccc2c(C)c(CCC(=O)N(C)CC(=O)Nc3cccc(Cl)c3)c(=O)oc2c1. The van der Waals surface area contributed by atoms with Gasteiger partial charge in [0.2, 0.25) is 11.8 Å². The van der Waals surface area contributed by atoms with Gasteiger partial charge in [0.1, 0.15) is 11.3 Å². The number of likely N-dealkylation sites (N-methyl/N-ethyl adjacent to an activating group) is 1. The van der Waals surface area contributed by atoms with Crippen LogP contribution in [-0.4, -0.2) is 37.4 Å².